The van der Waals surface area contributed by atoms with Crippen LogP contribution in [0.25, 0.3) is 0 Å². The number of nitro groups is 1. The Kier molecular flexibility index (Phi) is 6.77. The molecule has 1 fully saturated rings. The van der Waals surface area contributed by atoms with Gasteiger partial charge in [-0.2, -0.15) is 0 Å². The normalized spacial score (nSPS) is 13.1. The molecule has 0 saturated carbocycles. The van der Waals surface area contributed by atoms with Crippen molar-refractivity contribution >= 4 is 40.7 Å². The van der Waals surface area contributed by atoms with Gasteiger partial charge in [0, 0.05) is 31.8 Å². The summed E-state index contributed by atoms with van der Waals surface area (Å²) in [7, 11) is 3.02. The Hall–Kier alpha value is -3.93. The second-order valence-corrected chi connectivity index (χ2v) is 8.65. The SMILES string of the molecule is COC(=O)c1ccc(N2CCCC2)c(NC(=O)c2ccc(Sc3nncn3C)c([N+](=O)[O-])c2)c1. The number of carbonyl (C=O) groups is 2. The largest absolute Gasteiger partial charge is 0.465 e. The van der Waals surface area contributed by atoms with E-state index in [-0.39, 0.29) is 11.3 Å². The van der Waals surface area contributed by atoms with Gasteiger partial charge in [0.05, 0.1) is 33.9 Å². The summed E-state index contributed by atoms with van der Waals surface area (Å²) in [5.74, 6) is -1.05. The minimum atomic E-state index is -0.539. The molecule has 2 aromatic carbocycles. The molecule has 0 radical (unpaired) electrons. The molecule has 0 bridgehead atoms. The van der Waals surface area contributed by atoms with Crippen LogP contribution in [0.15, 0.2) is 52.8 Å². The van der Waals surface area contributed by atoms with Crippen LogP contribution >= 0.6 is 11.8 Å². The highest BCUT2D eigenvalue weighted by Gasteiger charge is 2.23. The molecule has 176 valence electrons. The highest BCUT2D eigenvalue weighted by molar-refractivity contribution is 7.99. The minimum Gasteiger partial charge on any atom is -0.465 e. The molecule has 12 heteroatoms. The van der Waals surface area contributed by atoms with Gasteiger partial charge in [0.1, 0.15) is 6.33 Å². The molecule has 3 aromatic rings. The third kappa shape index (κ3) is 4.86. The molecule has 1 aliphatic heterocycles. The van der Waals surface area contributed by atoms with Crippen molar-refractivity contribution in [2.45, 2.75) is 22.9 Å². The number of carbonyl (C=O) groups excluding carboxylic acids is 2. The van der Waals surface area contributed by atoms with Crippen LogP contribution in [-0.4, -0.2) is 51.8 Å². The van der Waals surface area contributed by atoms with E-state index in [1.54, 1.807) is 29.8 Å². The Balaban J connectivity index is 1.64. The van der Waals surface area contributed by atoms with E-state index in [0.717, 1.165) is 43.4 Å². The van der Waals surface area contributed by atoms with Crippen LogP contribution in [0, 0.1) is 10.1 Å². The molecular formula is C22H22N6O5S. The number of nitro benzene ring substituents is 1. The fourth-order valence-corrected chi connectivity index (χ4v) is 4.51. The molecule has 1 aliphatic rings. The van der Waals surface area contributed by atoms with Crippen LogP contribution in [-0.2, 0) is 11.8 Å². The highest BCUT2D eigenvalue weighted by atomic mass is 32.2. The number of nitrogens with zero attached hydrogens (tertiary/aromatic N) is 5. The van der Waals surface area contributed by atoms with E-state index in [0.29, 0.717) is 21.3 Å². The standard InChI is InChI=1S/C22H22N6O5S/c1-26-13-23-25-22(26)34-19-8-6-14(12-18(19)28(31)32)20(29)24-16-11-15(21(30)33-2)5-7-17(16)27-9-3-4-10-27/h5-8,11-13H,3-4,9-10H2,1-2H3,(H,24,29). The first-order chi connectivity index (χ1) is 16.4. The second-order valence-electron chi connectivity index (χ2n) is 7.64. The van der Waals surface area contributed by atoms with Gasteiger partial charge in [-0.25, -0.2) is 4.79 Å². The van der Waals surface area contributed by atoms with E-state index in [1.165, 1.54) is 31.6 Å². The quantitative estimate of drug-likeness (QED) is 0.305. The third-order valence-corrected chi connectivity index (χ3v) is 6.52. The average Bonchev–Trinajstić information content (AvgIpc) is 3.51. The fourth-order valence-electron chi connectivity index (χ4n) is 3.66. The molecule has 0 spiro atoms. The van der Waals surface area contributed by atoms with Gasteiger partial charge in [-0.05, 0) is 54.9 Å². The smallest absolute Gasteiger partial charge is 0.337 e. The Morgan fingerprint density at radius 1 is 1.15 bits per heavy atom. The van der Waals surface area contributed by atoms with Crippen molar-refractivity contribution in [3.8, 4) is 0 Å². The van der Waals surface area contributed by atoms with E-state index in [4.69, 9.17) is 4.74 Å². The lowest BCUT2D eigenvalue weighted by atomic mass is 10.1. The summed E-state index contributed by atoms with van der Waals surface area (Å²) < 4.78 is 6.44. The molecule has 0 atom stereocenters. The average molecular weight is 483 g/mol. The minimum absolute atomic E-state index is 0.116. The summed E-state index contributed by atoms with van der Waals surface area (Å²) in [6.07, 6.45) is 3.56. The Labute approximate surface area is 199 Å². The van der Waals surface area contributed by atoms with Crippen molar-refractivity contribution in [1.82, 2.24) is 14.8 Å². The summed E-state index contributed by atoms with van der Waals surface area (Å²) in [4.78, 5) is 38.7. The number of rotatable bonds is 7. The van der Waals surface area contributed by atoms with Crippen molar-refractivity contribution < 1.29 is 19.2 Å². The first kappa shape index (κ1) is 23.2. The van der Waals surface area contributed by atoms with E-state index >= 15 is 0 Å². The number of hydrogen-bond acceptors (Lipinski definition) is 9. The maximum absolute atomic E-state index is 13.1. The zero-order valence-corrected chi connectivity index (χ0v) is 19.4. The molecule has 1 aromatic heterocycles. The van der Waals surface area contributed by atoms with Crippen molar-refractivity contribution in [1.29, 1.82) is 0 Å². The number of aromatic nitrogens is 3. The zero-order valence-electron chi connectivity index (χ0n) is 18.6. The van der Waals surface area contributed by atoms with Gasteiger partial charge in [0.25, 0.3) is 11.6 Å². The first-order valence-corrected chi connectivity index (χ1v) is 11.3. The Bertz CT molecular complexity index is 1250. The molecule has 11 nitrogen and oxygen atoms in total. The van der Waals surface area contributed by atoms with Gasteiger partial charge < -0.3 is 19.5 Å². The highest BCUT2D eigenvalue weighted by Crippen LogP contribution is 2.35. The van der Waals surface area contributed by atoms with Crippen LogP contribution in [0.4, 0.5) is 17.1 Å². The molecular weight excluding hydrogens is 460 g/mol. The van der Waals surface area contributed by atoms with E-state index in [2.05, 4.69) is 20.4 Å². The van der Waals surface area contributed by atoms with Crippen LogP contribution in [0.1, 0.15) is 33.6 Å². The second kappa shape index (κ2) is 9.91. The van der Waals surface area contributed by atoms with Crippen LogP contribution in [0.3, 0.4) is 0 Å². The number of ether oxygens (including phenoxy) is 1. The molecule has 2 heterocycles. The van der Waals surface area contributed by atoms with Crippen molar-refractivity contribution in [3.05, 3.63) is 64.0 Å². The maximum Gasteiger partial charge on any atom is 0.337 e. The Morgan fingerprint density at radius 2 is 1.88 bits per heavy atom. The van der Waals surface area contributed by atoms with Gasteiger partial charge in [0.15, 0.2) is 5.16 Å². The van der Waals surface area contributed by atoms with Crippen LogP contribution < -0.4 is 10.2 Å². The van der Waals surface area contributed by atoms with Crippen molar-refractivity contribution in [2.24, 2.45) is 7.05 Å². The number of amides is 1. The van der Waals surface area contributed by atoms with Crippen molar-refractivity contribution in [3.63, 3.8) is 0 Å². The van der Waals surface area contributed by atoms with E-state index < -0.39 is 16.8 Å². The number of nitrogens with one attached hydrogen (secondary N) is 1. The first-order valence-electron chi connectivity index (χ1n) is 10.5. The third-order valence-electron chi connectivity index (χ3n) is 5.40. The molecule has 1 N–H and O–H groups in total. The summed E-state index contributed by atoms with van der Waals surface area (Å²) in [6, 6.07) is 9.24. The number of methoxy groups -OCH3 is 1. The van der Waals surface area contributed by atoms with Crippen molar-refractivity contribution in [2.75, 3.05) is 30.4 Å². The monoisotopic (exact) mass is 482 g/mol. The summed E-state index contributed by atoms with van der Waals surface area (Å²) in [6.45, 7) is 1.67. The molecule has 4 rings (SSSR count). The summed E-state index contributed by atoms with van der Waals surface area (Å²) in [5.41, 5.74) is 1.41. The summed E-state index contributed by atoms with van der Waals surface area (Å²) >= 11 is 1.09. The molecule has 0 unspecified atom stereocenters. The van der Waals surface area contributed by atoms with Gasteiger partial charge in [-0.15, -0.1) is 10.2 Å². The lowest BCUT2D eigenvalue weighted by Gasteiger charge is -2.22. The molecule has 1 saturated heterocycles. The Morgan fingerprint density at radius 3 is 2.53 bits per heavy atom. The zero-order chi connectivity index (χ0) is 24.2. The number of esters is 1. The summed E-state index contributed by atoms with van der Waals surface area (Å²) in [5, 5.41) is 22.7. The van der Waals surface area contributed by atoms with Gasteiger partial charge in [-0.1, -0.05) is 0 Å². The lowest BCUT2D eigenvalue weighted by Crippen LogP contribution is -2.21. The van der Waals surface area contributed by atoms with E-state index in [1.807, 2.05) is 0 Å². The predicted molar refractivity (Wildman–Crippen MR) is 125 cm³/mol. The predicted octanol–water partition coefficient (Wildman–Crippen LogP) is 3.51. The van der Waals surface area contributed by atoms with Gasteiger partial charge >= 0.3 is 5.97 Å². The number of benzene rings is 2. The topological polar surface area (TPSA) is 132 Å². The van der Waals surface area contributed by atoms with Crippen LogP contribution in [0.2, 0.25) is 0 Å². The molecule has 0 aliphatic carbocycles. The van der Waals surface area contributed by atoms with E-state index in [9.17, 15) is 19.7 Å². The van der Waals surface area contributed by atoms with Crippen LogP contribution in [0.5, 0.6) is 0 Å². The molecule has 1 amide bonds. The number of anilines is 2. The number of hydrogen-bond donors (Lipinski definition) is 1. The fraction of sp³-hybridized carbons (Fsp3) is 0.273. The molecule has 34 heavy (non-hydrogen) atoms. The van der Waals surface area contributed by atoms with Gasteiger partial charge in [0.2, 0.25) is 0 Å². The maximum atomic E-state index is 13.1. The van der Waals surface area contributed by atoms with Gasteiger partial charge in [-0.3, -0.25) is 14.9 Å². The lowest BCUT2D eigenvalue weighted by molar-refractivity contribution is -0.387. The number of aryl methyl sites for hydroxylation is 1.